The molecule has 3 heterocycles. The van der Waals surface area contributed by atoms with E-state index in [9.17, 15) is 4.79 Å². The van der Waals surface area contributed by atoms with Gasteiger partial charge in [-0.25, -0.2) is 4.98 Å². The number of anilines is 2. The first-order chi connectivity index (χ1) is 11.9. The van der Waals surface area contributed by atoms with Crippen molar-refractivity contribution in [3.05, 3.63) is 16.5 Å². The van der Waals surface area contributed by atoms with Gasteiger partial charge in [0.25, 0.3) is 0 Å². The number of thiophene rings is 1. The van der Waals surface area contributed by atoms with Gasteiger partial charge in [0.1, 0.15) is 10.6 Å². The highest BCUT2D eigenvalue weighted by molar-refractivity contribution is 7.20. The van der Waals surface area contributed by atoms with Crippen molar-refractivity contribution in [2.24, 2.45) is 11.5 Å². The molecule has 1 saturated heterocycles. The van der Waals surface area contributed by atoms with Crippen molar-refractivity contribution in [2.45, 2.75) is 45.1 Å². The summed E-state index contributed by atoms with van der Waals surface area (Å²) >= 11 is 1.39. The second kappa shape index (κ2) is 8.12. The Morgan fingerprint density at radius 2 is 2.00 bits per heavy atom. The van der Waals surface area contributed by atoms with E-state index < -0.39 is 0 Å². The van der Waals surface area contributed by atoms with E-state index in [0.29, 0.717) is 10.6 Å². The molecule has 2 aromatic rings. The summed E-state index contributed by atoms with van der Waals surface area (Å²) in [6.07, 6.45) is 4.72. The third-order valence-electron chi connectivity index (χ3n) is 4.65. The molecular formula is C18H29N5OS. The summed E-state index contributed by atoms with van der Waals surface area (Å²) in [6.45, 7) is 6.09. The Balaban J connectivity index is 0.00000109. The molecular weight excluding hydrogens is 334 g/mol. The number of piperidine rings is 1. The first-order valence-corrected chi connectivity index (χ1v) is 9.55. The number of nitrogens with zero attached hydrogens (tertiary/aromatic N) is 2. The lowest BCUT2D eigenvalue weighted by molar-refractivity contribution is 0.112. The van der Waals surface area contributed by atoms with Crippen molar-refractivity contribution in [3.63, 3.8) is 0 Å². The van der Waals surface area contributed by atoms with Crippen molar-refractivity contribution in [1.29, 1.82) is 0 Å². The fourth-order valence-electron chi connectivity index (χ4n) is 3.16. The molecule has 1 aliphatic rings. The second-order valence-corrected chi connectivity index (χ2v) is 7.74. The monoisotopic (exact) mass is 363 g/mol. The lowest BCUT2D eigenvalue weighted by atomic mass is 9.91. The van der Waals surface area contributed by atoms with Gasteiger partial charge in [0, 0.05) is 24.0 Å². The van der Waals surface area contributed by atoms with Crippen LogP contribution in [0, 0.1) is 0 Å². The number of aromatic nitrogens is 1. The van der Waals surface area contributed by atoms with Gasteiger partial charge in [0.15, 0.2) is 6.29 Å². The van der Waals surface area contributed by atoms with E-state index in [1.54, 1.807) is 0 Å². The molecule has 1 aliphatic heterocycles. The maximum atomic E-state index is 11.2. The van der Waals surface area contributed by atoms with Crippen LogP contribution in [0.25, 0.3) is 10.2 Å². The highest BCUT2D eigenvalue weighted by atomic mass is 32.1. The van der Waals surface area contributed by atoms with Crippen molar-refractivity contribution in [3.8, 4) is 0 Å². The summed E-state index contributed by atoms with van der Waals surface area (Å²) in [5.41, 5.74) is 18.6. The first kappa shape index (κ1) is 19.6. The molecule has 6 N–H and O–H groups in total. The Bertz CT molecular complexity index is 731. The first-order valence-electron chi connectivity index (χ1n) is 8.74. The number of hydrogen-bond donors (Lipinski definition) is 3. The number of nitrogens with two attached hydrogens (primary N) is 3. The van der Waals surface area contributed by atoms with Crippen LogP contribution in [0.1, 0.15) is 48.3 Å². The van der Waals surface area contributed by atoms with Crippen LogP contribution in [0.2, 0.25) is 0 Å². The molecule has 1 fully saturated rings. The number of fused-ring (bicyclic) bond motifs is 1. The minimum atomic E-state index is -0.0785. The molecule has 138 valence electrons. The van der Waals surface area contributed by atoms with E-state index >= 15 is 0 Å². The fourth-order valence-corrected chi connectivity index (χ4v) is 4.12. The highest BCUT2D eigenvalue weighted by Gasteiger charge is 2.27. The van der Waals surface area contributed by atoms with Gasteiger partial charge in [-0.05, 0) is 44.9 Å². The standard InChI is InChI=1S/C17H24N4OS.CH5N/c1-3-4-11-9-13(21-7-5-17(2,19)6-8-21)20-16-14(11)15(18)12(10-22)23-16;1-2/h9-10H,3-8,18-19H2,1-2H3;2H2,1H3. The molecule has 0 amide bonds. The molecule has 0 aliphatic carbocycles. The summed E-state index contributed by atoms with van der Waals surface area (Å²) in [4.78, 5) is 19.7. The molecule has 0 unspecified atom stereocenters. The van der Waals surface area contributed by atoms with Gasteiger partial charge in [0.2, 0.25) is 0 Å². The third-order valence-corrected chi connectivity index (χ3v) is 5.68. The van der Waals surface area contributed by atoms with E-state index in [1.807, 2.05) is 0 Å². The third kappa shape index (κ3) is 4.11. The molecule has 0 aromatic carbocycles. The lowest BCUT2D eigenvalue weighted by Gasteiger charge is -2.37. The van der Waals surface area contributed by atoms with Gasteiger partial charge in [-0.3, -0.25) is 4.79 Å². The van der Waals surface area contributed by atoms with Crippen molar-refractivity contribution in [2.75, 3.05) is 30.8 Å². The van der Waals surface area contributed by atoms with Crippen molar-refractivity contribution >= 4 is 39.3 Å². The molecule has 0 bridgehead atoms. The van der Waals surface area contributed by atoms with Crippen molar-refractivity contribution < 1.29 is 4.79 Å². The summed E-state index contributed by atoms with van der Waals surface area (Å²) < 4.78 is 0. The zero-order valence-electron chi connectivity index (χ0n) is 15.3. The van der Waals surface area contributed by atoms with Crippen LogP contribution < -0.4 is 22.1 Å². The van der Waals surface area contributed by atoms with E-state index in [4.69, 9.17) is 16.5 Å². The maximum absolute atomic E-state index is 11.2. The predicted molar refractivity (Wildman–Crippen MR) is 108 cm³/mol. The number of aryl methyl sites for hydroxylation is 1. The van der Waals surface area contributed by atoms with E-state index in [-0.39, 0.29) is 5.54 Å². The Labute approximate surface area is 153 Å². The molecule has 6 nitrogen and oxygen atoms in total. The Morgan fingerprint density at radius 3 is 2.56 bits per heavy atom. The number of carbonyl (C=O) groups excluding carboxylic acids is 1. The minimum absolute atomic E-state index is 0.0785. The number of hydrogen-bond acceptors (Lipinski definition) is 7. The molecule has 0 radical (unpaired) electrons. The van der Waals surface area contributed by atoms with E-state index in [1.165, 1.54) is 23.9 Å². The number of carbonyl (C=O) groups is 1. The predicted octanol–water partition coefficient (Wildman–Crippen LogP) is 2.54. The molecule has 25 heavy (non-hydrogen) atoms. The zero-order chi connectivity index (χ0) is 18.6. The number of rotatable bonds is 4. The van der Waals surface area contributed by atoms with E-state index in [0.717, 1.165) is 61.1 Å². The average Bonchev–Trinajstić information content (AvgIpc) is 2.93. The van der Waals surface area contributed by atoms with Crippen LogP contribution >= 0.6 is 11.3 Å². The summed E-state index contributed by atoms with van der Waals surface area (Å²) in [7, 11) is 1.50. The van der Waals surface area contributed by atoms with Crippen LogP contribution in [-0.2, 0) is 6.42 Å². The number of nitrogen functional groups attached to an aromatic ring is 1. The Kier molecular flexibility index (Phi) is 6.37. The van der Waals surface area contributed by atoms with E-state index in [2.05, 4.69) is 30.5 Å². The summed E-state index contributed by atoms with van der Waals surface area (Å²) in [5.74, 6) is 0.982. The topological polar surface area (TPSA) is 111 Å². The van der Waals surface area contributed by atoms with Crippen LogP contribution in [-0.4, -0.2) is 36.9 Å². The molecule has 3 rings (SSSR count). The van der Waals surface area contributed by atoms with Gasteiger partial charge in [-0.1, -0.05) is 13.3 Å². The summed E-state index contributed by atoms with van der Waals surface area (Å²) in [6, 6.07) is 2.14. The minimum Gasteiger partial charge on any atom is -0.397 e. The Morgan fingerprint density at radius 1 is 1.36 bits per heavy atom. The number of aldehydes is 1. The fraction of sp³-hybridized carbons (Fsp3) is 0.556. The van der Waals surface area contributed by atoms with Gasteiger partial charge >= 0.3 is 0 Å². The molecule has 0 saturated carbocycles. The second-order valence-electron chi connectivity index (χ2n) is 6.71. The maximum Gasteiger partial charge on any atom is 0.162 e. The Hall–Kier alpha value is -1.70. The molecule has 0 spiro atoms. The highest BCUT2D eigenvalue weighted by Crippen LogP contribution is 2.37. The van der Waals surface area contributed by atoms with Gasteiger partial charge < -0.3 is 22.1 Å². The SMILES string of the molecule is CCCc1cc(N2CCC(C)(N)CC2)nc2sc(C=O)c(N)c12.CN. The quantitative estimate of drug-likeness (QED) is 0.720. The lowest BCUT2D eigenvalue weighted by Crippen LogP contribution is -2.48. The van der Waals surface area contributed by atoms with Crippen LogP contribution in [0.5, 0.6) is 0 Å². The largest absolute Gasteiger partial charge is 0.397 e. The zero-order valence-corrected chi connectivity index (χ0v) is 16.2. The van der Waals surface area contributed by atoms with Crippen LogP contribution in [0.15, 0.2) is 6.07 Å². The summed E-state index contributed by atoms with van der Waals surface area (Å²) in [5, 5.41) is 0.961. The van der Waals surface area contributed by atoms with Crippen LogP contribution in [0.4, 0.5) is 11.5 Å². The normalized spacial score (nSPS) is 16.4. The smallest absolute Gasteiger partial charge is 0.162 e. The molecule has 2 aromatic heterocycles. The molecule has 7 heteroatoms. The van der Waals surface area contributed by atoms with Gasteiger partial charge in [-0.15, -0.1) is 11.3 Å². The number of pyridine rings is 1. The van der Waals surface area contributed by atoms with Crippen molar-refractivity contribution in [1.82, 2.24) is 4.98 Å². The van der Waals surface area contributed by atoms with Crippen LogP contribution in [0.3, 0.4) is 0 Å². The average molecular weight is 364 g/mol. The van der Waals surface area contributed by atoms with Gasteiger partial charge in [0.05, 0.1) is 10.6 Å². The van der Waals surface area contributed by atoms with Gasteiger partial charge in [-0.2, -0.15) is 0 Å². The molecule has 0 atom stereocenters.